The Hall–Kier alpha value is -12.1. The molecule has 4 atom stereocenters. The molecule has 524 valence electrons. The van der Waals surface area contributed by atoms with Crippen LogP contribution in [0.25, 0.3) is 0 Å². The molecule has 0 spiro atoms. The zero-order chi connectivity index (χ0) is 72.0. The van der Waals surface area contributed by atoms with E-state index in [1.807, 2.05) is 0 Å². The van der Waals surface area contributed by atoms with Crippen LogP contribution in [0.1, 0.15) is 83.8 Å². The molecule has 0 fully saturated rings. The first-order valence-corrected chi connectivity index (χ1v) is 30.6. The second kappa shape index (κ2) is 38.3. The minimum absolute atomic E-state index is 0.00421. The van der Waals surface area contributed by atoms with Gasteiger partial charge in [0.25, 0.3) is 23.2 Å². The van der Waals surface area contributed by atoms with Crippen LogP contribution in [0.3, 0.4) is 0 Å². The zero-order valence-electron chi connectivity index (χ0n) is 53.8. The number of carbonyl (C=O) groups is 13. The van der Waals surface area contributed by atoms with Gasteiger partial charge in [0.05, 0.1) is 9.85 Å². The third-order valence-electron chi connectivity index (χ3n) is 14.4. The highest BCUT2D eigenvalue weighted by atomic mass is 16.7. The summed E-state index contributed by atoms with van der Waals surface area (Å²) in [5, 5.41) is 42.6. The number of nitro benzene ring substituents is 2. The minimum Gasteiger partial charge on any atom is -0.429 e. The highest BCUT2D eigenvalue weighted by molar-refractivity contribution is 6.13. The van der Waals surface area contributed by atoms with E-state index in [-0.39, 0.29) is 106 Å². The summed E-state index contributed by atoms with van der Waals surface area (Å²) in [5.41, 5.74) is 11.5. The third-order valence-corrected chi connectivity index (χ3v) is 14.4. The summed E-state index contributed by atoms with van der Waals surface area (Å²) in [5.74, 6) is -7.72. The van der Waals surface area contributed by atoms with Crippen molar-refractivity contribution in [2.45, 2.75) is 110 Å². The summed E-state index contributed by atoms with van der Waals surface area (Å²) in [4.78, 5) is 192. The van der Waals surface area contributed by atoms with Crippen LogP contribution < -0.4 is 63.5 Å². The van der Waals surface area contributed by atoms with Crippen LogP contribution in [-0.4, -0.2) is 154 Å². The quantitative estimate of drug-likeness (QED) is 0.00770. The van der Waals surface area contributed by atoms with Gasteiger partial charge >= 0.3 is 24.4 Å². The highest BCUT2D eigenvalue weighted by Crippen LogP contribution is 2.21. The van der Waals surface area contributed by atoms with E-state index in [0.717, 1.165) is 46.2 Å². The van der Waals surface area contributed by atoms with Crippen LogP contribution in [-0.2, 0) is 65.8 Å². The SMILES string of the molecule is CC(C)[C@H](NC(=O)CCN(CCC(=O)N[C@H](C(=O)N[C@@H](CCCNC(N)=O)C(=O)Nc1ccc(COC(=O)Oc2ccc([N+](=O)[O-])cc2)cc1)C(C)C)C(=O)CCN1C(=O)C=CC1=O)C(=O)N[C@@H](CCCNC(N)=O)C(=O)Nc1ccc(COC(=O)Oc2ccc([N+](=O)[O-])cc2)cc1. The lowest BCUT2D eigenvalue weighted by molar-refractivity contribution is -0.385. The van der Waals surface area contributed by atoms with Crippen molar-refractivity contribution < 1.29 is 91.1 Å². The van der Waals surface area contributed by atoms with Gasteiger partial charge in [0.15, 0.2) is 0 Å². The lowest BCUT2D eigenvalue weighted by atomic mass is 10.0. The van der Waals surface area contributed by atoms with Gasteiger partial charge in [-0.15, -0.1) is 0 Å². The Morgan fingerprint density at radius 2 is 0.878 bits per heavy atom. The topological polar surface area (TPSA) is 500 Å². The lowest BCUT2D eigenvalue weighted by Gasteiger charge is -2.27. The first kappa shape index (κ1) is 76.6. The normalized spacial score (nSPS) is 12.7. The monoisotopic (exact) mass is 1360 g/mol. The molecule has 5 rings (SSSR count). The Bertz CT molecular complexity index is 3350. The van der Waals surface area contributed by atoms with E-state index in [1.54, 1.807) is 27.7 Å². The lowest BCUT2D eigenvalue weighted by Crippen LogP contribution is -2.55. The van der Waals surface area contributed by atoms with Gasteiger partial charge in [0, 0.05) is 99.8 Å². The van der Waals surface area contributed by atoms with Crippen molar-refractivity contribution in [2.75, 3.05) is 43.4 Å². The van der Waals surface area contributed by atoms with Gasteiger partial charge in [0.2, 0.25) is 41.4 Å². The van der Waals surface area contributed by atoms with Crippen LogP contribution in [0, 0.1) is 32.1 Å². The van der Waals surface area contributed by atoms with E-state index in [0.29, 0.717) is 11.1 Å². The second-order valence-corrected chi connectivity index (χ2v) is 22.5. The summed E-state index contributed by atoms with van der Waals surface area (Å²) in [6, 6.07) is 14.8. The Balaban J connectivity index is 1.20. The number of nitrogens with zero attached hydrogens (tertiary/aromatic N) is 4. The first-order valence-electron chi connectivity index (χ1n) is 30.6. The standard InChI is InChI=1S/C63H76N14O21/c1-37(2)54(58(85)70-47(7-5-30-66-60(64)87)56(83)68-41-13-9-39(10-14-41)35-95-62(89)97-45-21-17-43(18-22-45)76(91)92)72-49(78)27-32-74(51(80)29-34-75-52(81)25-26-53(75)82)33-28-50(79)73-55(38(3)4)59(86)71-48(8-6-31-67-61(65)88)57(84)69-42-15-11-40(12-16-42)36-96-63(90)98-46-23-19-44(20-24-46)77(93)94/h9-26,37-38,47-48,54-55H,5-8,27-36H2,1-4H3,(H,68,83)(H,69,84)(H,70,85)(H,71,86)(H,72,78)(H,73,79)(H3,64,66,87)(H3,65,67,88)/t47-,48-,54-,55-/m0/s1. The van der Waals surface area contributed by atoms with E-state index in [2.05, 4.69) is 42.5 Å². The van der Waals surface area contributed by atoms with Gasteiger partial charge in [-0.3, -0.25) is 68.3 Å². The molecule has 35 heteroatoms. The number of ether oxygens (including phenoxy) is 4. The fourth-order valence-corrected chi connectivity index (χ4v) is 9.14. The fourth-order valence-electron chi connectivity index (χ4n) is 9.14. The number of hydrogen-bond donors (Lipinski definition) is 10. The zero-order valence-corrected chi connectivity index (χ0v) is 53.8. The van der Waals surface area contributed by atoms with Crippen LogP contribution in [0.15, 0.2) is 109 Å². The maximum absolute atomic E-state index is 14.0. The van der Waals surface area contributed by atoms with E-state index < -0.39 is 143 Å². The van der Waals surface area contributed by atoms with Crippen molar-refractivity contribution in [2.24, 2.45) is 23.3 Å². The maximum Gasteiger partial charge on any atom is 0.514 e. The molecule has 0 aliphatic carbocycles. The molecule has 13 amide bonds. The number of primary amides is 2. The van der Waals surface area contributed by atoms with Crippen LogP contribution >= 0.6 is 0 Å². The van der Waals surface area contributed by atoms with Gasteiger partial charge in [-0.25, -0.2) is 19.2 Å². The molecule has 4 aromatic rings. The number of anilines is 2. The van der Waals surface area contributed by atoms with Crippen molar-refractivity contribution >= 4 is 100 Å². The molecule has 1 aliphatic heterocycles. The molecular weight excluding hydrogens is 1290 g/mol. The molecule has 0 saturated carbocycles. The maximum atomic E-state index is 14.0. The molecule has 98 heavy (non-hydrogen) atoms. The molecule has 1 aliphatic rings. The number of carbonyl (C=O) groups excluding carboxylic acids is 13. The van der Waals surface area contributed by atoms with Crippen LogP contribution in [0.4, 0.5) is 41.9 Å². The molecule has 1 heterocycles. The van der Waals surface area contributed by atoms with Crippen molar-refractivity contribution in [3.05, 3.63) is 141 Å². The number of hydrogen-bond acceptors (Lipinski definition) is 21. The van der Waals surface area contributed by atoms with Gasteiger partial charge < -0.3 is 77.8 Å². The number of benzene rings is 4. The number of non-ortho nitro benzene ring substituents is 2. The van der Waals surface area contributed by atoms with Crippen molar-refractivity contribution in [1.82, 2.24) is 41.7 Å². The van der Waals surface area contributed by atoms with Crippen LogP contribution in [0.2, 0.25) is 0 Å². The predicted molar refractivity (Wildman–Crippen MR) is 345 cm³/mol. The Morgan fingerprint density at radius 1 is 0.510 bits per heavy atom. The fraction of sp³-hybridized carbons (Fsp3) is 0.381. The average molecular weight is 1370 g/mol. The number of imide groups is 1. The molecule has 0 radical (unpaired) electrons. The molecule has 0 unspecified atom stereocenters. The third kappa shape index (κ3) is 26.4. The predicted octanol–water partition coefficient (Wildman–Crippen LogP) is 3.58. The number of nitrogens with two attached hydrogens (primary N) is 2. The molecule has 0 bridgehead atoms. The van der Waals surface area contributed by atoms with Crippen molar-refractivity contribution in [3.8, 4) is 11.5 Å². The summed E-state index contributed by atoms with van der Waals surface area (Å²) < 4.78 is 20.3. The average Bonchev–Trinajstić information content (AvgIpc) is 1.28. The number of nitrogens with one attached hydrogen (secondary N) is 8. The number of nitro groups is 2. The van der Waals surface area contributed by atoms with E-state index in [1.165, 1.54) is 72.8 Å². The largest absolute Gasteiger partial charge is 0.514 e. The van der Waals surface area contributed by atoms with Crippen molar-refractivity contribution in [3.63, 3.8) is 0 Å². The Morgan fingerprint density at radius 3 is 1.21 bits per heavy atom. The highest BCUT2D eigenvalue weighted by Gasteiger charge is 2.32. The molecule has 4 aromatic carbocycles. The number of rotatable bonds is 37. The Labute approximate surface area is 560 Å². The number of amides is 13. The smallest absolute Gasteiger partial charge is 0.429 e. The van der Waals surface area contributed by atoms with E-state index in [9.17, 15) is 82.6 Å². The summed E-state index contributed by atoms with van der Waals surface area (Å²) in [6.45, 7) is 4.89. The minimum atomic E-state index is -1.28. The first-order chi connectivity index (χ1) is 46.5. The summed E-state index contributed by atoms with van der Waals surface area (Å²) in [6.07, 6.45) is -1.27. The van der Waals surface area contributed by atoms with Crippen LogP contribution in [0.5, 0.6) is 11.5 Å². The van der Waals surface area contributed by atoms with Gasteiger partial charge in [-0.2, -0.15) is 0 Å². The van der Waals surface area contributed by atoms with E-state index >= 15 is 0 Å². The van der Waals surface area contributed by atoms with Gasteiger partial charge in [-0.1, -0.05) is 52.0 Å². The summed E-state index contributed by atoms with van der Waals surface area (Å²) in [7, 11) is 0. The number of urea groups is 2. The molecule has 35 nitrogen and oxygen atoms in total. The van der Waals surface area contributed by atoms with Crippen molar-refractivity contribution in [1.29, 1.82) is 0 Å². The second-order valence-electron chi connectivity index (χ2n) is 22.5. The molecular formula is C63H76N14O21. The molecule has 0 saturated heterocycles. The molecule has 12 N–H and O–H groups in total. The van der Waals surface area contributed by atoms with Gasteiger partial charge in [0.1, 0.15) is 48.9 Å². The Kier molecular flexibility index (Phi) is 30.0. The van der Waals surface area contributed by atoms with Gasteiger partial charge in [-0.05, 0) is 97.2 Å². The molecule has 0 aromatic heterocycles. The summed E-state index contributed by atoms with van der Waals surface area (Å²) >= 11 is 0. The van der Waals surface area contributed by atoms with E-state index in [4.69, 9.17) is 30.4 Å².